The number of thioether (sulfide) groups is 1. The lowest BCUT2D eigenvalue weighted by molar-refractivity contribution is -0.138. The molecule has 1 aromatic carbocycles. The van der Waals surface area contributed by atoms with Gasteiger partial charge in [0.15, 0.2) is 0 Å². The van der Waals surface area contributed by atoms with Crippen molar-refractivity contribution in [3.05, 3.63) is 29.3 Å². The third-order valence-corrected chi connectivity index (χ3v) is 5.31. The van der Waals surface area contributed by atoms with Gasteiger partial charge in [0.25, 0.3) is 5.91 Å². The summed E-state index contributed by atoms with van der Waals surface area (Å²) in [6, 6.07) is 5.69. The Kier molecular flexibility index (Phi) is 11.1. The number of nitrogens with zero attached hydrogens (tertiary/aromatic N) is 1. The van der Waals surface area contributed by atoms with Crippen LogP contribution in [0.3, 0.4) is 0 Å². The Morgan fingerprint density at radius 1 is 1.23 bits per heavy atom. The van der Waals surface area contributed by atoms with Gasteiger partial charge in [0.05, 0.1) is 36.3 Å². The number of nitrogens with one attached hydrogen (secondary N) is 1. The molecule has 0 unspecified atom stereocenters. The molecule has 0 saturated carbocycles. The number of hydrogen-bond acceptors (Lipinski definition) is 6. The highest BCUT2D eigenvalue weighted by atomic mass is 32.2. The van der Waals surface area contributed by atoms with E-state index in [2.05, 4.69) is 5.32 Å². The maximum Gasteiger partial charge on any atom is 0.305 e. The number of anilines is 1. The lowest BCUT2D eigenvalue weighted by Crippen LogP contribution is -2.43. The molecule has 0 aliphatic heterocycles. The van der Waals surface area contributed by atoms with Crippen molar-refractivity contribution in [2.45, 2.75) is 39.7 Å². The number of benzene rings is 1. The largest absolute Gasteiger partial charge is 0.481 e. The molecular weight excluding hydrogens is 408 g/mol. The number of carbonyl (C=O) groups excluding carboxylic acids is 3. The van der Waals surface area contributed by atoms with Crippen LogP contribution >= 0.6 is 11.8 Å². The summed E-state index contributed by atoms with van der Waals surface area (Å²) in [6.07, 6.45) is 0.510. The summed E-state index contributed by atoms with van der Waals surface area (Å²) >= 11 is 1.06. The van der Waals surface area contributed by atoms with E-state index in [4.69, 9.17) is 9.84 Å². The van der Waals surface area contributed by atoms with E-state index in [9.17, 15) is 19.2 Å². The van der Waals surface area contributed by atoms with Crippen molar-refractivity contribution in [3.8, 4) is 0 Å². The molecule has 8 nitrogen and oxygen atoms in total. The van der Waals surface area contributed by atoms with Gasteiger partial charge in [0.2, 0.25) is 11.7 Å². The van der Waals surface area contributed by atoms with Gasteiger partial charge in [0, 0.05) is 13.7 Å². The Morgan fingerprint density at radius 3 is 2.53 bits per heavy atom. The first kappa shape index (κ1) is 25.6. The number of aliphatic carboxylic acids is 1. The number of carboxylic acids is 1. The molecule has 1 rings (SSSR count). The van der Waals surface area contributed by atoms with E-state index in [1.807, 2.05) is 39.0 Å². The van der Waals surface area contributed by atoms with Gasteiger partial charge in [-0.3, -0.25) is 19.2 Å². The van der Waals surface area contributed by atoms with Crippen LogP contribution < -0.4 is 10.2 Å². The Hall–Kier alpha value is -2.39. The van der Waals surface area contributed by atoms with E-state index in [1.165, 1.54) is 0 Å². The number of para-hydroxylation sites is 1. The standard InChI is InChI=1S/C21H30N2O6S/c1-5-16-8-6-7-14(2)20(16)23(15(3)11-29-4)18(25)13-30-12-17(24)21(28)22-10-9-19(26)27/h6-8,15H,5,9-13H2,1-4H3,(H,22,28)(H,26,27)/t15-/m0/s1. The summed E-state index contributed by atoms with van der Waals surface area (Å²) in [5.74, 6) is -2.90. The Labute approximate surface area is 181 Å². The average Bonchev–Trinajstić information content (AvgIpc) is 2.69. The Bertz CT molecular complexity index is 768. The Balaban J connectivity index is 2.80. The SMILES string of the molecule is CCc1cccc(C)c1N(C(=O)CSCC(=O)C(=O)NCCC(=O)O)[C@@H](C)COC. The molecular formula is C21H30N2O6S. The lowest BCUT2D eigenvalue weighted by Gasteiger charge is -2.32. The van der Waals surface area contributed by atoms with Crippen molar-refractivity contribution in [2.75, 3.05) is 36.7 Å². The summed E-state index contributed by atoms with van der Waals surface area (Å²) in [7, 11) is 1.58. The highest BCUT2D eigenvalue weighted by Crippen LogP contribution is 2.28. The number of hydrogen-bond donors (Lipinski definition) is 2. The van der Waals surface area contributed by atoms with Crippen molar-refractivity contribution >= 4 is 41.0 Å². The van der Waals surface area contributed by atoms with E-state index in [0.717, 1.165) is 35.0 Å². The van der Waals surface area contributed by atoms with Crippen LogP contribution in [0.25, 0.3) is 0 Å². The summed E-state index contributed by atoms with van der Waals surface area (Å²) in [5, 5.41) is 10.8. The normalized spacial score (nSPS) is 11.6. The van der Waals surface area contributed by atoms with E-state index in [1.54, 1.807) is 12.0 Å². The number of carboxylic acid groups (broad SMARTS) is 1. The van der Waals surface area contributed by atoms with Crippen LogP contribution in [0.2, 0.25) is 0 Å². The van der Waals surface area contributed by atoms with Gasteiger partial charge in [-0.05, 0) is 31.4 Å². The molecule has 1 atom stereocenters. The van der Waals surface area contributed by atoms with Crippen LogP contribution in [0.15, 0.2) is 18.2 Å². The predicted molar refractivity (Wildman–Crippen MR) is 117 cm³/mol. The minimum atomic E-state index is -1.06. The molecule has 0 spiro atoms. The van der Waals surface area contributed by atoms with Gasteiger partial charge in [-0.15, -0.1) is 11.8 Å². The average molecular weight is 439 g/mol. The number of ether oxygens (including phenoxy) is 1. The van der Waals surface area contributed by atoms with Crippen LogP contribution in [0.4, 0.5) is 5.69 Å². The predicted octanol–water partition coefficient (Wildman–Crippen LogP) is 1.82. The highest BCUT2D eigenvalue weighted by Gasteiger charge is 2.26. The second kappa shape index (κ2) is 13.0. The number of ketones is 1. The minimum absolute atomic E-state index is 0.0275. The second-order valence-corrected chi connectivity index (χ2v) is 7.81. The topological polar surface area (TPSA) is 113 Å². The first-order valence-corrected chi connectivity index (χ1v) is 10.9. The van der Waals surface area contributed by atoms with Gasteiger partial charge in [-0.1, -0.05) is 25.1 Å². The van der Waals surface area contributed by atoms with Crippen molar-refractivity contribution < 1.29 is 29.0 Å². The minimum Gasteiger partial charge on any atom is -0.481 e. The molecule has 0 fully saturated rings. The first-order valence-electron chi connectivity index (χ1n) is 9.72. The number of carbonyl (C=O) groups is 4. The van der Waals surface area contributed by atoms with Gasteiger partial charge in [0.1, 0.15) is 0 Å². The lowest BCUT2D eigenvalue weighted by atomic mass is 10.0. The van der Waals surface area contributed by atoms with Crippen LogP contribution in [0.5, 0.6) is 0 Å². The molecule has 30 heavy (non-hydrogen) atoms. The third kappa shape index (κ3) is 7.79. The third-order valence-electron chi connectivity index (χ3n) is 4.40. The van der Waals surface area contributed by atoms with E-state index < -0.39 is 17.7 Å². The quantitative estimate of drug-likeness (QED) is 0.452. The van der Waals surface area contributed by atoms with Gasteiger partial charge in [-0.2, -0.15) is 0 Å². The zero-order valence-electron chi connectivity index (χ0n) is 17.9. The van der Waals surface area contributed by atoms with E-state index in [0.29, 0.717) is 6.61 Å². The molecule has 0 saturated heterocycles. The smallest absolute Gasteiger partial charge is 0.305 e. The number of rotatable bonds is 13. The zero-order chi connectivity index (χ0) is 22.7. The van der Waals surface area contributed by atoms with Crippen molar-refractivity contribution in [2.24, 2.45) is 0 Å². The van der Waals surface area contributed by atoms with Crippen LogP contribution in [-0.4, -0.2) is 66.5 Å². The van der Waals surface area contributed by atoms with Crippen molar-refractivity contribution in [1.29, 1.82) is 0 Å². The molecule has 2 amide bonds. The summed E-state index contributed by atoms with van der Waals surface area (Å²) < 4.78 is 5.25. The molecule has 0 heterocycles. The molecule has 0 aromatic heterocycles. The molecule has 0 bridgehead atoms. The van der Waals surface area contributed by atoms with Crippen LogP contribution in [0, 0.1) is 6.92 Å². The number of aryl methyl sites for hydroxylation is 2. The first-order chi connectivity index (χ1) is 14.2. The van der Waals surface area contributed by atoms with E-state index >= 15 is 0 Å². The summed E-state index contributed by atoms with van der Waals surface area (Å²) in [5.41, 5.74) is 2.88. The summed E-state index contributed by atoms with van der Waals surface area (Å²) in [4.78, 5) is 48.8. The van der Waals surface area contributed by atoms with E-state index in [-0.39, 0.29) is 36.4 Å². The van der Waals surface area contributed by atoms with Crippen LogP contribution in [0.1, 0.15) is 31.4 Å². The summed E-state index contributed by atoms with van der Waals surface area (Å²) in [6.45, 7) is 6.13. The van der Waals surface area contributed by atoms with Crippen molar-refractivity contribution in [3.63, 3.8) is 0 Å². The molecule has 1 aromatic rings. The fraction of sp³-hybridized carbons (Fsp3) is 0.524. The molecule has 0 radical (unpaired) electrons. The number of Topliss-reactive ketones (excluding diaryl/α,β-unsaturated/α-hetero) is 1. The molecule has 0 aliphatic rings. The molecule has 0 aliphatic carbocycles. The fourth-order valence-corrected chi connectivity index (χ4v) is 3.74. The maximum absolute atomic E-state index is 13.1. The monoisotopic (exact) mass is 438 g/mol. The Morgan fingerprint density at radius 2 is 1.93 bits per heavy atom. The fourth-order valence-electron chi connectivity index (χ4n) is 3.00. The van der Waals surface area contributed by atoms with Gasteiger partial charge < -0.3 is 20.1 Å². The molecule has 2 N–H and O–H groups in total. The second-order valence-electron chi connectivity index (χ2n) is 6.82. The zero-order valence-corrected chi connectivity index (χ0v) is 18.7. The van der Waals surface area contributed by atoms with Crippen LogP contribution in [-0.2, 0) is 30.3 Å². The van der Waals surface area contributed by atoms with Gasteiger partial charge in [-0.25, -0.2) is 0 Å². The number of amides is 2. The van der Waals surface area contributed by atoms with Crippen molar-refractivity contribution in [1.82, 2.24) is 5.32 Å². The number of methoxy groups -OCH3 is 1. The maximum atomic E-state index is 13.1. The molecule has 9 heteroatoms. The van der Waals surface area contributed by atoms with Gasteiger partial charge >= 0.3 is 5.97 Å². The molecule has 166 valence electrons. The highest BCUT2D eigenvalue weighted by molar-refractivity contribution is 8.00.